The van der Waals surface area contributed by atoms with Crippen LogP contribution in [0, 0.1) is 13.8 Å². The van der Waals surface area contributed by atoms with Crippen molar-refractivity contribution in [1.82, 2.24) is 0 Å². The molecule has 1 atom stereocenters. The van der Waals surface area contributed by atoms with Gasteiger partial charge in [0.05, 0.1) is 25.8 Å². The fourth-order valence-electron chi connectivity index (χ4n) is 5.05. The lowest BCUT2D eigenvalue weighted by atomic mass is 9.94. The minimum Gasteiger partial charge on any atom is -0.506 e. The van der Waals surface area contributed by atoms with Crippen LogP contribution in [0.2, 0.25) is 0 Å². The second-order valence-corrected chi connectivity index (χ2v) is 9.26. The van der Waals surface area contributed by atoms with Crippen molar-refractivity contribution in [3.63, 3.8) is 0 Å². The zero-order valence-corrected chi connectivity index (χ0v) is 22.7. The SMILES string of the molecule is CCN(CC)c1ccc(C2/C(=C(\O)c3c(OC)cccc3OC)C(=O)C(=O)N2c2cc(C)ccc2C)cc1. The van der Waals surface area contributed by atoms with Gasteiger partial charge in [-0.25, -0.2) is 0 Å². The molecule has 4 rings (SSSR count). The number of ether oxygens (including phenoxy) is 2. The molecule has 0 bridgehead atoms. The number of rotatable bonds is 8. The van der Waals surface area contributed by atoms with Crippen molar-refractivity contribution in [2.24, 2.45) is 0 Å². The van der Waals surface area contributed by atoms with Crippen molar-refractivity contribution >= 4 is 28.8 Å². The first-order valence-corrected chi connectivity index (χ1v) is 12.7. The molecule has 1 unspecified atom stereocenters. The summed E-state index contributed by atoms with van der Waals surface area (Å²) in [7, 11) is 2.95. The van der Waals surface area contributed by atoms with Crippen molar-refractivity contribution < 1.29 is 24.2 Å². The van der Waals surface area contributed by atoms with Crippen molar-refractivity contribution in [3.8, 4) is 11.5 Å². The molecule has 0 aliphatic carbocycles. The molecule has 198 valence electrons. The van der Waals surface area contributed by atoms with E-state index in [9.17, 15) is 14.7 Å². The molecule has 0 radical (unpaired) electrons. The number of nitrogens with zero attached hydrogens (tertiary/aromatic N) is 2. The molecule has 1 fully saturated rings. The molecule has 1 aliphatic heterocycles. The molecule has 7 heteroatoms. The summed E-state index contributed by atoms with van der Waals surface area (Å²) in [6, 6.07) is 17.8. The Balaban J connectivity index is 2.00. The van der Waals surface area contributed by atoms with Crippen LogP contribution in [0.4, 0.5) is 11.4 Å². The normalized spacial score (nSPS) is 16.6. The monoisotopic (exact) mass is 514 g/mol. The lowest BCUT2D eigenvalue weighted by molar-refractivity contribution is -0.132. The number of Topliss-reactive ketones (excluding diaryl/α,β-unsaturated/α-hetero) is 1. The van der Waals surface area contributed by atoms with Crippen molar-refractivity contribution in [3.05, 3.63) is 88.5 Å². The Bertz CT molecular complexity index is 1370. The van der Waals surface area contributed by atoms with Gasteiger partial charge in [-0.2, -0.15) is 0 Å². The first-order valence-electron chi connectivity index (χ1n) is 12.7. The van der Waals surface area contributed by atoms with E-state index in [1.165, 1.54) is 19.1 Å². The van der Waals surface area contributed by atoms with Gasteiger partial charge in [0.15, 0.2) is 0 Å². The number of benzene rings is 3. The summed E-state index contributed by atoms with van der Waals surface area (Å²) in [6.45, 7) is 9.72. The van der Waals surface area contributed by atoms with Crippen molar-refractivity contribution in [1.29, 1.82) is 0 Å². The summed E-state index contributed by atoms with van der Waals surface area (Å²) < 4.78 is 11.0. The molecule has 0 saturated carbocycles. The Kier molecular flexibility index (Phi) is 7.76. The van der Waals surface area contributed by atoms with Gasteiger partial charge in [0.2, 0.25) is 0 Å². The number of methoxy groups -OCH3 is 2. The maximum atomic E-state index is 13.7. The van der Waals surface area contributed by atoms with Gasteiger partial charge >= 0.3 is 0 Å². The first-order chi connectivity index (χ1) is 18.3. The molecule has 1 aliphatic rings. The number of carbonyl (C=O) groups excluding carboxylic acids is 2. The second kappa shape index (κ2) is 11.0. The molecule has 7 nitrogen and oxygen atoms in total. The van der Waals surface area contributed by atoms with Crippen LogP contribution in [0.15, 0.2) is 66.2 Å². The maximum Gasteiger partial charge on any atom is 0.300 e. The van der Waals surface area contributed by atoms with Crippen LogP contribution >= 0.6 is 0 Å². The van der Waals surface area contributed by atoms with E-state index in [-0.39, 0.29) is 16.9 Å². The quantitative estimate of drug-likeness (QED) is 0.233. The highest BCUT2D eigenvalue weighted by Gasteiger charge is 2.48. The van der Waals surface area contributed by atoms with Crippen molar-refractivity contribution in [2.75, 3.05) is 37.1 Å². The third kappa shape index (κ3) is 4.60. The molecule has 1 N–H and O–H groups in total. The van der Waals surface area contributed by atoms with Gasteiger partial charge in [-0.3, -0.25) is 14.5 Å². The van der Waals surface area contributed by atoms with Gasteiger partial charge in [0, 0.05) is 24.5 Å². The predicted octanol–water partition coefficient (Wildman–Crippen LogP) is 5.79. The molecule has 1 saturated heterocycles. The van der Waals surface area contributed by atoms with E-state index in [1.54, 1.807) is 18.2 Å². The van der Waals surface area contributed by atoms with E-state index in [2.05, 4.69) is 18.7 Å². The highest BCUT2D eigenvalue weighted by atomic mass is 16.5. The van der Waals surface area contributed by atoms with Crippen LogP contribution in [0.1, 0.15) is 42.1 Å². The number of aryl methyl sites for hydroxylation is 2. The molecule has 1 heterocycles. The summed E-state index contributed by atoms with van der Waals surface area (Å²) in [5.41, 5.74) is 4.36. The Morgan fingerprint density at radius 2 is 1.53 bits per heavy atom. The van der Waals surface area contributed by atoms with Crippen molar-refractivity contribution in [2.45, 2.75) is 33.7 Å². The van der Waals surface area contributed by atoms with Gasteiger partial charge in [-0.05, 0) is 74.7 Å². The van der Waals surface area contributed by atoms with E-state index in [0.29, 0.717) is 22.7 Å². The maximum absolute atomic E-state index is 13.7. The molecule has 3 aromatic rings. The average Bonchev–Trinajstić information content (AvgIpc) is 3.20. The molecule has 3 aromatic carbocycles. The van der Waals surface area contributed by atoms with E-state index < -0.39 is 17.7 Å². The number of anilines is 2. The number of aliphatic hydroxyl groups is 1. The van der Waals surface area contributed by atoms with Gasteiger partial charge in [-0.1, -0.05) is 30.3 Å². The summed E-state index contributed by atoms with van der Waals surface area (Å²) in [5, 5.41) is 11.7. The Morgan fingerprint density at radius 3 is 2.08 bits per heavy atom. The van der Waals surface area contributed by atoms with Crippen LogP contribution in [0.3, 0.4) is 0 Å². The average molecular weight is 515 g/mol. The van der Waals surface area contributed by atoms with Crippen LogP contribution in [0.5, 0.6) is 11.5 Å². The fourth-order valence-corrected chi connectivity index (χ4v) is 5.05. The number of hydrogen-bond acceptors (Lipinski definition) is 6. The minimum absolute atomic E-state index is 0.0192. The van der Waals surface area contributed by atoms with E-state index in [1.807, 2.05) is 56.3 Å². The standard InChI is InChI=1S/C31H34N2O5/c1-7-32(8-2)22-16-14-21(15-17-22)28-27(29(34)26-24(37-5)10-9-11-25(26)38-6)30(35)31(36)33(28)23-18-19(3)12-13-20(23)4/h9-18,28,34H,7-8H2,1-6H3/b29-27+. The molecule has 1 amide bonds. The lowest BCUT2D eigenvalue weighted by Crippen LogP contribution is -2.30. The molecule has 0 aromatic heterocycles. The third-order valence-corrected chi connectivity index (χ3v) is 7.07. The van der Waals surface area contributed by atoms with Crippen LogP contribution in [-0.4, -0.2) is 44.1 Å². The smallest absolute Gasteiger partial charge is 0.300 e. The molecule has 38 heavy (non-hydrogen) atoms. The topological polar surface area (TPSA) is 79.3 Å². The van der Waals surface area contributed by atoms with Crippen LogP contribution < -0.4 is 19.3 Å². The second-order valence-electron chi connectivity index (χ2n) is 9.26. The zero-order valence-electron chi connectivity index (χ0n) is 22.7. The Labute approximate surface area is 223 Å². The minimum atomic E-state index is -0.851. The lowest BCUT2D eigenvalue weighted by Gasteiger charge is -2.28. The van der Waals surface area contributed by atoms with E-state index >= 15 is 0 Å². The zero-order chi connectivity index (χ0) is 27.6. The number of carbonyl (C=O) groups is 2. The number of amides is 1. The summed E-state index contributed by atoms with van der Waals surface area (Å²) in [6.07, 6.45) is 0. The van der Waals surface area contributed by atoms with Gasteiger partial charge in [-0.15, -0.1) is 0 Å². The predicted molar refractivity (Wildman–Crippen MR) is 150 cm³/mol. The highest BCUT2D eigenvalue weighted by Crippen LogP contribution is 2.46. The highest BCUT2D eigenvalue weighted by molar-refractivity contribution is 6.52. The third-order valence-electron chi connectivity index (χ3n) is 7.07. The first kappa shape index (κ1) is 26.8. The Hall–Kier alpha value is -4.26. The molecular formula is C31H34N2O5. The summed E-state index contributed by atoms with van der Waals surface area (Å²) >= 11 is 0. The number of ketones is 1. The summed E-state index contributed by atoms with van der Waals surface area (Å²) in [4.78, 5) is 31.0. The van der Waals surface area contributed by atoms with Gasteiger partial charge < -0.3 is 19.5 Å². The number of hydrogen-bond donors (Lipinski definition) is 1. The summed E-state index contributed by atoms with van der Waals surface area (Å²) in [5.74, 6) is -1.16. The van der Waals surface area contributed by atoms with E-state index in [4.69, 9.17) is 9.47 Å². The van der Waals surface area contributed by atoms with Gasteiger partial charge in [0.25, 0.3) is 11.7 Å². The van der Waals surface area contributed by atoms with Crippen LogP contribution in [-0.2, 0) is 9.59 Å². The largest absolute Gasteiger partial charge is 0.506 e. The Morgan fingerprint density at radius 1 is 0.921 bits per heavy atom. The fraction of sp³-hybridized carbons (Fsp3) is 0.290. The van der Waals surface area contributed by atoms with Crippen LogP contribution in [0.25, 0.3) is 5.76 Å². The molecular weight excluding hydrogens is 480 g/mol. The molecule has 0 spiro atoms. The van der Waals surface area contributed by atoms with E-state index in [0.717, 1.165) is 29.9 Å². The van der Waals surface area contributed by atoms with Gasteiger partial charge in [0.1, 0.15) is 22.8 Å². The number of aliphatic hydroxyl groups excluding tert-OH is 1.